The molecule has 2 aromatic rings. The van der Waals surface area contributed by atoms with E-state index in [4.69, 9.17) is 4.74 Å². The summed E-state index contributed by atoms with van der Waals surface area (Å²) in [6.07, 6.45) is -2.33. The van der Waals surface area contributed by atoms with Gasteiger partial charge in [0.05, 0.1) is 0 Å². The van der Waals surface area contributed by atoms with Crippen molar-refractivity contribution in [2.24, 2.45) is 5.92 Å². The van der Waals surface area contributed by atoms with Gasteiger partial charge in [0.1, 0.15) is 11.5 Å². The number of ether oxygens (including phenoxy) is 1. The summed E-state index contributed by atoms with van der Waals surface area (Å²) < 4.78 is 45.2. The molecule has 2 fully saturated rings. The number of para-hydroxylation sites is 2. The maximum absolute atomic E-state index is 13.0. The Bertz CT molecular complexity index is 866. The van der Waals surface area contributed by atoms with Crippen LogP contribution in [0.2, 0.25) is 0 Å². The molecule has 0 aliphatic carbocycles. The van der Waals surface area contributed by atoms with Crippen molar-refractivity contribution >= 4 is 5.91 Å². The number of nitrogens with zero attached hydrogens (tertiary/aromatic N) is 1. The van der Waals surface area contributed by atoms with E-state index in [1.54, 1.807) is 0 Å². The molecule has 0 N–H and O–H groups in total. The van der Waals surface area contributed by atoms with E-state index < -0.39 is 12.1 Å². The molecular weight excluding hydrogens is 367 g/mol. The fourth-order valence-corrected chi connectivity index (χ4v) is 5.42. The van der Waals surface area contributed by atoms with Crippen LogP contribution in [0.3, 0.4) is 0 Å². The highest BCUT2D eigenvalue weighted by Gasteiger charge is 2.53. The molecule has 3 aliphatic heterocycles. The van der Waals surface area contributed by atoms with Gasteiger partial charge in [-0.25, -0.2) is 0 Å². The van der Waals surface area contributed by atoms with E-state index in [0.717, 1.165) is 27.5 Å². The van der Waals surface area contributed by atoms with Crippen molar-refractivity contribution in [3.8, 4) is 11.5 Å². The first-order chi connectivity index (χ1) is 13.4. The van der Waals surface area contributed by atoms with Crippen LogP contribution in [-0.2, 0) is 4.79 Å². The number of alkyl halides is 3. The number of fused-ring (bicyclic) bond motifs is 4. The van der Waals surface area contributed by atoms with Gasteiger partial charge in [-0.15, -0.1) is 0 Å². The number of amides is 1. The van der Waals surface area contributed by atoms with Crippen molar-refractivity contribution in [2.75, 3.05) is 0 Å². The quantitative estimate of drug-likeness (QED) is 0.668. The lowest BCUT2D eigenvalue weighted by atomic mass is 9.72. The van der Waals surface area contributed by atoms with Crippen LogP contribution in [0.1, 0.15) is 42.7 Å². The molecule has 0 saturated carbocycles. The first-order valence-corrected chi connectivity index (χ1v) is 9.68. The molecule has 6 heteroatoms. The number of benzene rings is 2. The Morgan fingerprint density at radius 1 is 0.893 bits per heavy atom. The number of hydrogen-bond acceptors (Lipinski definition) is 2. The molecule has 5 rings (SSSR count). The summed E-state index contributed by atoms with van der Waals surface area (Å²) in [5.41, 5.74) is 2.17. The average Bonchev–Trinajstić information content (AvgIpc) is 2.93. The molecule has 2 aromatic carbocycles. The summed E-state index contributed by atoms with van der Waals surface area (Å²) in [6, 6.07) is 15.1. The molecule has 0 spiro atoms. The minimum absolute atomic E-state index is 0.0763. The highest BCUT2D eigenvalue weighted by atomic mass is 19.4. The lowest BCUT2D eigenvalue weighted by Gasteiger charge is -2.43. The van der Waals surface area contributed by atoms with Gasteiger partial charge in [-0.05, 0) is 43.7 Å². The third-order valence-electron chi connectivity index (χ3n) is 6.45. The summed E-state index contributed by atoms with van der Waals surface area (Å²) in [6.45, 7) is 0. The Morgan fingerprint density at radius 3 is 1.89 bits per heavy atom. The second-order valence-electron chi connectivity index (χ2n) is 7.98. The number of halogens is 3. The summed E-state index contributed by atoms with van der Waals surface area (Å²) >= 11 is 0. The van der Waals surface area contributed by atoms with Crippen LogP contribution in [0.5, 0.6) is 11.5 Å². The zero-order valence-corrected chi connectivity index (χ0v) is 15.2. The van der Waals surface area contributed by atoms with Gasteiger partial charge in [-0.2, -0.15) is 13.2 Å². The molecule has 2 atom stereocenters. The maximum atomic E-state index is 13.0. The van der Waals surface area contributed by atoms with Gasteiger partial charge in [-0.1, -0.05) is 36.4 Å². The minimum atomic E-state index is -4.80. The molecule has 2 bridgehead atoms. The van der Waals surface area contributed by atoms with Crippen LogP contribution >= 0.6 is 0 Å². The molecule has 0 aromatic heterocycles. The smallest absolute Gasteiger partial charge is 0.457 e. The lowest BCUT2D eigenvalue weighted by Crippen LogP contribution is -2.52. The minimum Gasteiger partial charge on any atom is -0.457 e. The Morgan fingerprint density at radius 2 is 1.39 bits per heavy atom. The summed E-state index contributed by atoms with van der Waals surface area (Å²) in [4.78, 5) is 13.1. The van der Waals surface area contributed by atoms with E-state index in [2.05, 4.69) is 0 Å². The number of hydrogen-bond donors (Lipinski definition) is 0. The van der Waals surface area contributed by atoms with Crippen LogP contribution < -0.4 is 4.74 Å². The molecule has 3 nitrogen and oxygen atoms in total. The molecule has 3 heterocycles. The predicted molar refractivity (Wildman–Crippen MR) is 97.2 cm³/mol. The molecule has 0 radical (unpaired) electrons. The first kappa shape index (κ1) is 17.6. The van der Waals surface area contributed by atoms with Gasteiger partial charge in [0.2, 0.25) is 0 Å². The fourth-order valence-electron chi connectivity index (χ4n) is 5.42. The zero-order chi connectivity index (χ0) is 19.5. The van der Waals surface area contributed by atoms with Crippen LogP contribution in [0, 0.1) is 5.92 Å². The van der Waals surface area contributed by atoms with E-state index in [1.165, 1.54) is 0 Å². The number of carbonyl (C=O) groups excluding carboxylic acids is 1. The molecule has 3 aliphatic rings. The SMILES string of the molecule is O=C(N1C2CCC1CC(C1c3ccccc3Oc3ccccc31)C2)C(F)(F)F. The second kappa shape index (κ2) is 6.26. The normalized spacial score (nSPS) is 26.4. The van der Waals surface area contributed by atoms with Crippen molar-refractivity contribution in [1.29, 1.82) is 0 Å². The molecular formula is C22H20F3NO2. The monoisotopic (exact) mass is 387 g/mol. The fraction of sp³-hybridized carbons (Fsp3) is 0.409. The van der Waals surface area contributed by atoms with Gasteiger partial charge in [0.15, 0.2) is 0 Å². The van der Waals surface area contributed by atoms with Crippen molar-refractivity contribution in [3.05, 3.63) is 59.7 Å². The topological polar surface area (TPSA) is 29.5 Å². The van der Waals surface area contributed by atoms with Gasteiger partial charge in [0, 0.05) is 29.1 Å². The highest BCUT2D eigenvalue weighted by Crippen LogP contribution is 2.53. The number of carbonyl (C=O) groups is 1. The number of piperidine rings is 1. The Kier molecular flexibility index (Phi) is 3.93. The van der Waals surface area contributed by atoms with Gasteiger partial charge in [0.25, 0.3) is 0 Å². The second-order valence-corrected chi connectivity index (χ2v) is 7.98. The van der Waals surface area contributed by atoms with Crippen molar-refractivity contribution in [3.63, 3.8) is 0 Å². The van der Waals surface area contributed by atoms with Crippen molar-refractivity contribution in [2.45, 2.75) is 49.9 Å². The Hall–Kier alpha value is -2.50. The van der Waals surface area contributed by atoms with E-state index in [1.807, 2.05) is 48.5 Å². The molecule has 1 amide bonds. The third-order valence-corrected chi connectivity index (χ3v) is 6.45. The summed E-state index contributed by atoms with van der Waals surface area (Å²) in [7, 11) is 0. The molecule has 2 saturated heterocycles. The van der Waals surface area contributed by atoms with Crippen LogP contribution in [0.25, 0.3) is 0 Å². The Labute approximate surface area is 161 Å². The first-order valence-electron chi connectivity index (χ1n) is 9.68. The largest absolute Gasteiger partial charge is 0.471 e. The van der Waals surface area contributed by atoms with E-state index in [9.17, 15) is 18.0 Å². The predicted octanol–water partition coefficient (Wildman–Crippen LogP) is 5.26. The molecule has 2 unspecified atom stereocenters. The van der Waals surface area contributed by atoms with E-state index >= 15 is 0 Å². The molecule has 146 valence electrons. The van der Waals surface area contributed by atoms with Crippen molar-refractivity contribution < 1.29 is 22.7 Å². The van der Waals surface area contributed by atoms with Crippen LogP contribution in [0.15, 0.2) is 48.5 Å². The van der Waals surface area contributed by atoms with Crippen molar-refractivity contribution in [1.82, 2.24) is 4.90 Å². The standard InChI is InChI=1S/C22H20F3NO2/c23-22(24,25)21(27)26-14-9-10-15(26)12-13(11-14)20-16-5-1-3-7-18(16)28-19-8-4-2-6-17(19)20/h1-8,13-15,20H,9-12H2. The van der Waals surface area contributed by atoms with Crippen LogP contribution in [-0.4, -0.2) is 29.1 Å². The van der Waals surface area contributed by atoms with Gasteiger partial charge in [-0.3, -0.25) is 4.79 Å². The molecule has 28 heavy (non-hydrogen) atoms. The summed E-state index contributed by atoms with van der Waals surface area (Å²) in [5, 5.41) is 0. The number of rotatable bonds is 1. The Balaban J connectivity index is 1.50. The maximum Gasteiger partial charge on any atom is 0.471 e. The average molecular weight is 387 g/mol. The van der Waals surface area contributed by atoms with Crippen LogP contribution in [0.4, 0.5) is 13.2 Å². The summed E-state index contributed by atoms with van der Waals surface area (Å²) in [5.74, 6) is 0.208. The van der Waals surface area contributed by atoms with Gasteiger partial charge >= 0.3 is 12.1 Å². The third kappa shape index (κ3) is 2.69. The zero-order valence-electron chi connectivity index (χ0n) is 15.2. The van der Waals surface area contributed by atoms with Gasteiger partial charge < -0.3 is 9.64 Å². The van der Waals surface area contributed by atoms with E-state index in [-0.39, 0.29) is 23.9 Å². The lowest BCUT2D eigenvalue weighted by molar-refractivity contribution is -0.190. The highest BCUT2D eigenvalue weighted by molar-refractivity contribution is 5.83. The van der Waals surface area contributed by atoms with E-state index in [0.29, 0.717) is 25.7 Å².